The van der Waals surface area contributed by atoms with Crippen LogP contribution in [0.4, 0.5) is 5.00 Å². The van der Waals surface area contributed by atoms with E-state index in [2.05, 4.69) is 11.4 Å². The molecule has 2 N–H and O–H groups in total. The second kappa shape index (κ2) is 9.02. The highest BCUT2D eigenvalue weighted by molar-refractivity contribution is 7.16. The van der Waals surface area contributed by atoms with Crippen molar-refractivity contribution in [3.05, 3.63) is 16.0 Å². The molecule has 1 heterocycles. The predicted octanol–water partition coefficient (Wildman–Crippen LogP) is 2.53. The molecule has 1 amide bonds. The molecule has 1 aromatic heterocycles. The fourth-order valence-corrected chi connectivity index (χ4v) is 4.22. The zero-order valence-electron chi connectivity index (χ0n) is 13.7. The molecule has 0 radical (unpaired) electrons. The van der Waals surface area contributed by atoms with Crippen LogP contribution in [-0.4, -0.2) is 42.2 Å². The van der Waals surface area contributed by atoms with Gasteiger partial charge in [0.05, 0.1) is 12.2 Å². The van der Waals surface area contributed by atoms with E-state index < -0.39 is 0 Å². The molecule has 1 aromatic rings. The van der Waals surface area contributed by atoms with E-state index in [1.807, 2.05) is 11.8 Å². The zero-order chi connectivity index (χ0) is 16.7. The lowest BCUT2D eigenvalue weighted by molar-refractivity contribution is -0.116. The molecule has 0 aliphatic heterocycles. The van der Waals surface area contributed by atoms with Crippen molar-refractivity contribution in [3.63, 3.8) is 0 Å². The van der Waals surface area contributed by atoms with Crippen molar-refractivity contribution in [3.8, 4) is 6.07 Å². The smallest absolute Gasteiger partial charge is 0.226 e. The first-order valence-electron chi connectivity index (χ1n) is 8.37. The van der Waals surface area contributed by atoms with Gasteiger partial charge in [-0.05, 0) is 37.8 Å². The number of nitrogens with one attached hydrogen (secondary N) is 1. The van der Waals surface area contributed by atoms with Gasteiger partial charge >= 0.3 is 0 Å². The van der Waals surface area contributed by atoms with Gasteiger partial charge < -0.3 is 15.3 Å². The molecule has 0 aromatic carbocycles. The molecule has 2 rings (SSSR count). The molecule has 0 bridgehead atoms. The lowest BCUT2D eigenvalue weighted by Crippen LogP contribution is -2.30. The summed E-state index contributed by atoms with van der Waals surface area (Å²) in [5.41, 5.74) is 1.82. The number of likely N-dealkylation sites (N-methyl/N-ethyl adjacent to an activating group) is 1. The van der Waals surface area contributed by atoms with Crippen LogP contribution < -0.4 is 5.32 Å². The highest BCUT2D eigenvalue weighted by Crippen LogP contribution is 2.36. The fraction of sp³-hybridized carbons (Fsp3) is 0.647. The molecule has 6 heteroatoms. The van der Waals surface area contributed by atoms with Gasteiger partial charge in [-0.15, -0.1) is 11.3 Å². The topological polar surface area (TPSA) is 76.4 Å². The van der Waals surface area contributed by atoms with Crippen LogP contribution in [-0.2, 0) is 17.6 Å². The molecule has 126 valence electrons. The maximum atomic E-state index is 12.2. The van der Waals surface area contributed by atoms with Crippen LogP contribution in [0.1, 0.15) is 48.6 Å². The minimum Gasteiger partial charge on any atom is -0.395 e. The van der Waals surface area contributed by atoms with E-state index in [1.54, 1.807) is 11.3 Å². The van der Waals surface area contributed by atoms with Crippen LogP contribution in [0, 0.1) is 11.3 Å². The molecular formula is C17H25N3O2S. The minimum atomic E-state index is -0.0608. The third kappa shape index (κ3) is 4.77. The van der Waals surface area contributed by atoms with Gasteiger partial charge in [-0.25, -0.2) is 0 Å². The number of anilines is 1. The number of aryl methyl sites for hydroxylation is 1. The van der Waals surface area contributed by atoms with Crippen molar-refractivity contribution >= 4 is 22.2 Å². The molecule has 5 nitrogen and oxygen atoms in total. The third-order valence-corrected chi connectivity index (χ3v) is 5.51. The number of carbonyl (C=O) groups is 1. The Labute approximate surface area is 141 Å². The van der Waals surface area contributed by atoms with Crippen molar-refractivity contribution in [2.45, 2.75) is 45.4 Å². The Bertz CT molecular complexity index is 577. The number of thiophene rings is 1. The number of rotatable bonds is 7. The molecule has 0 unspecified atom stereocenters. The largest absolute Gasteiger partial charge is 0.395 e. The summed E-state index contributed by atoms with van der Waals surface area (Å²) in [5, 5.41) is 22.1. The van der Waals surface area contributed by atoms with Crippen LogP contribution in [0.3, 0.4) is 0 Å². The predicted molar refractivity (Wildman–Crippen MR) is 92.7 cm³/mol. The van der Waals surface area contributed by atoms with E-state index in [1.165, 1.54) is 17.7 Å². The van der Waals surface area contributed by atoms with E-state index in [9.17, 15) is 10.1 Å². The molecule has 0 spiro atoms. The SMILES string of the molecule is CCN(CCO)CCC(=O)Nc1sc2c(c1C#N)CCCCC2. The average Bonchev–Trinajstić information content (AvgIpc) is 2.71. The molecule has 0 saturated heterocycles. The Hall–Kier alpha value is -1.42. The van der Waals surface area contributed by atoms with Crippen molar-refractivity contribution < 1.29 is 9.90 Å². The van der Waals surface area contributed by atoms with Gasteiger partial charge in [0.1, 0.15) is 11.1 Å². The van der Waals surface area contributed by atoms with E-state index in [-0.39, 0.29) is 12.5 Å². The number of aliphatic hydroxyl groups is 1. The van der Waals surface area contributed by atoms with Crippen LogP contribution in [0.2, 0.25) is 0 Å². The lowest BCUT2D eigenvalue weighted by atomic mass is 10.1. The Morgan fingerprint density at radius 2 is 2.13 bits per heavy atom. The normalized spacial score (nSPS) is 14.2. The summed E-state index contributed by atoms with van der Waals surface area (Å²) in [5.74, 6) is -0.0608. The lowest BCUT2D eigenvalue weighted by Gasteiger charge is -2.18. The van der Waals surface area contributed by atoms with Crippen LogP contribution in [0.15, 0.2) is 0 Å². The van der Waals surface area contributed by atoms with Crippen molar-refractivity contribution in [2.75, 3.05) is 31.6 Å². The summed E-state index contributed by atoms with van der Waals surface area (Å²) in [6.07, 6.45) is 5.85. The maximum Gasteiger partial charge on any atom is 0.226 e. The molecule has 0 atom stereocenters. The first-order chi connectivity index (χ1) is 11.2. The first kappa shape index (κ1) is 17.9. The number of fused-ring (bicyclic) bond motifs is 1. The second-order valence-electron chi connectivity index (χ2n) is 5.84. The van der Waals surface area contributed by atoms with E-state index in [4.69, 9.17) is 5.11 Å². The summed E-state index contributed by atoms with van der Waals surface area (Å²) in [4.78, 5) is 15.5. The Kier molecular flexibility index (Phi) is 7.03. The molecule has 23 heavy (non-hydrogen) atoms. The van der Waals surface area contributed by atoms with Gasteiger partial charge in [-0.1, -0.05) is 13.3 Å². The van der Waals surface area contributed by atoms with Gasteiger partial charge in [0.2, 0.25) is 5.91 Å². The molecule has 1 aliphatic carbocycles. The van der Waals surface area contributed by atoms with Gasteiger partial charge in [-0.2, -0.15) is 5.26 Å². The molecular weight excluding hydrogens is 310 g/mol. The summed E-state index contributed by atoms with van der Waals surface area (Å²) in [6, 6.07) is 2.29. The molecule has 0 fully saturated rings. The van der Waals surface area contributed by atoms with Gasteiger partial charge in [-0.3, -0.25) is 4.79 Å². The van der Waals surface area contributed by atoms with Crippen LogP contribution in [0.25, 0.3) is 0 Å². The minimum absolute atomic E-state index is 0.0608. The van der Waals surface area contributed by atoms with E-state index >= 15 is 0 Å². The Balaban J connectivity index is 2.00. The average molecular weight is 335 g/mol. The highest BCUT2D eigenvalue weighted by Gasteiger charge is 2.21. The number of hydrogen-bond donors (Lipinski definition) is 2. The van der Waals surface area contributed by atoms with E-state index in [0.717, 1.165) is 36.4 Å². The fourth-order valence-electron chi connectivity index (χ4n) is 2.97. The van der Waals surface area contributed by atoms with Gasteiger partial charge in [0, 0.05) is 24.4 Å². The molecule has 0 saturated carbocycles. The van der Waals surface area contributed by atoms with E-state index in [0.29, 0.717) is 25.1 Å². The monoisotopic (exact) mass is 335 g/mol. The number of amides is 1. The number of nitrogens with zero attached hydrogens (tertiary/aromatic N) is 2. The van der Waals surface area contributed by atoms with Crippen LogP contribution >= 0.6 is 11.3 Å². The summed E-state index contributed by atoms with van der Waals surface area (Å²) < 4.78 is 0. The van der Waals surface area contributed by atoms with Crippen molar-refractivity contribution in [1.29, 1.82) is 5.26 Å². The van der Waals surface area contributed by atoms with Crippen molar-refractivity contribution in [2.24, 2.45) is 0 Å². The Morgan fingerprint density at radius 1 is 1.35 bits per heavy atom. The quantitative estimate of drug-likeness (QED) is 0.751. The summed E-state index contributed by atoms with van der Waals surface area (Å²) in [6.45, 7) is 4.13. The zero-order valence-corrected chi connectivity index (χ0v) is 14.5. The maximum absolute atomic E-state index is 12.2. The van der Waals surface area contributed by atoms with Gasteiger partial charge in [0.25, 0.3) is 0 Å². The number of aliphatic hydroxyl groups excluding tert-OH is 1. The Morgan fingerprint density at radius 3 is 2.83 bits per heavy atom. The number of carbonyl (C=O) groups excluding carboxylic acids is 1. The van der Waals surface area contributed by atoms with Crippen LogP contribution in [0.5, 0.6) is 0 Å². The summed E-state index contributed by atoms with van der Waals surface area (Å²) in [7, 11) is 0. The first-order valence-corrected chi connectivity index (χ1v) is 9.19. The second-order valence-corrected chi connectivity index (χ2v) is 6.94. The standard InChI is InChI=1S/C17H25N3O2S/c1-2-20(10-11-21)9-8-16(22)19-17-14(12-18)13-6-4-3-5-7-15(13)23-17/h21H,2-11H2,1H3,(H,19,22). The van der Waals surface area contributed by atoms with Gasteiger partial charge in [0.15, 0.2) is 0 Å². The van der Waals surface area contributed by atoms with Crippen molar-refractivity contribution in [1.82, 2.24) is 4.90 Å². The number of nitriles is 1. The molecule has 1 aliphatic rings. The summed E-state index contributed by atoms with van der Waals surface area (Å²) >= 11 is 1.57. The number of hydrogen-bond acceptors (Lipinski definition) is 5. The highest BCUT2D eigenvalue weighted by atomic mass is 32.1. The third-order valence-electron chi connectivity index (χ3n) is 4.30.